The highest BCUT2D eigenvalue weighted by Crippen LogP contribution is 2.34. The van der Waals surface area contributed by atoms with E-state index in [2.05, 4.69) is 15.5 Å². The molecule has 0 spiro atoms. The second-order valence-corrected chi connectivity index (χ2v) is 6.09. The van der Waals surface area contributed by atoms with E-state index >= 15 is 0 Å². The van der Waals surface area contributed by atoms with Crippen molar-refractivity contribution in [2.45, 2.75) is 17.3 Å². The standard InChI is InChI=1S/C16H15N5OS/c1-11-7-9-13(10-8-11)21-16(18-19-20-21)23-14(15(17)22)12-5-3-2-4-6-12/h2-10,14H,1H3,(H2,17,22). The molecule has 23 heavy (non-hydrogen) atoms. The van der Waals surface area contributed by atoms with E-state index in [0.717, 1.165) is 16.8 Å². The summed E-state index contributed by atoms with van der Waals surface area (Å²) in [5, 5.41) is 11.7. The number of benzene rings is 2. The van der Waals surface area contributed by atoms with E-state index in [1.165, 1.54) is 11.8 Å². The Hall–Kier alpha value is -2.67. The summed E-state index contributed by atoms with van der Waals surface area (Å²) in [6, 6.07) is 17.2. The van der Waals surface area contributed by atoms with E-state index in [9.17, 15) is 4.79 Å². The highest BCUT2D eigenvalue weighted by molar-refractivity contribution is 8.00. The van der Waals surface area contributed by atoms with Gasteiger partial charge in [0, 0.05) is 0 Å². The highest BCUT2D eigenvalue weighted by Gasteiger charge is 2.23. The Balaban J connectivity index is 1.92. The van der Waals surface area contributed by atoms with Gasteiger partial charge < -0.3 is 5.73 Å². The zero-order valence-electron chi connectivity index (χ0n) is 12.5. The average Bonchev–Trinajstić information content (AvgIpc) is 3.02. The summed E-state index contributed by atoms with van der Waals surface area (Å²) >= 11 is 1.23. The Morgan fingerprint density at radius 2 is 1.83 bits per heavy atom. The molecule has 3 rings (SSSR count). The van der Waals surface area contributed by atoms with Gasteiger partial charge in [0.1, 0.15) is 5.25 Å². The number of carbonyl (C=O) groups is 1. The lowest BCUT2D eigenvalue weighted by atomic mass is 10.1. The van der Waals surface area contributed by atoms with Crippen molar-refractivity contribution in [3.05, 3.63) is 65.7 Å². The van der Waals surface area contributed by atoms with Gasteiger partial charge in [-0.25, -0.2) is 0 Å². The molecule has 6 nitrogen and oxygen atoms in total. The summed E-state index contributed by atoms with van der Waals surface area (Å²) in [6.45, 7) is 2.01. The van der Waals surface area contributed by atoms with Crippen LogP contribution in [0, 0.1) is 6.92 Å². The Morgan fingerprint density at radius 1 is 1.13 bits per heavy atom. The molecule has 2 aromatic carbocycles. The quantitative estimate of drug-likeness (QED) is 0.727. The number of nitrogens with two attached hydrogens (primary N) is 1. The van der Waals surface area contributed by atoms with E-state index in [0.29, 0.717) is 5.16 Å². The Bertz CT molecular complexity index is 801. The van der Waals surface area contributed by atoms with Crippen LogP contribution in [0.4, 0.5) is 0 Å². The molecule has 7 heteroatoms. The summed E-state index contributed by atoms with van der Waals surface area (Å²) in [4.78, 5) is 11.8. The number of thioether (sulfide) groups is 1. The molecule has 1 aromatic heterocycles. The second-order valence-electron chi connectivity index (χ2n) is 5.02. The minimum atomic E-state index is -0.550. The third-order valence-electron chi connectivity index (χ3n) is 3.30. The number of aromatic nitrogens is 4. The van der Waals surface area contributed by atoms with Crippen LogP contribution in [-0.2, 0) is 4.79 Å². The molecule has 0 saturated heterocycles. The maximum absolute atomic E-state index is 11.8. The number of primary amides is 1. The topological polar surface area (TPSA) is 86.7 Å². The highest BCUT2D eigenvalue weighted by atomic mass is 32.2. The molecule has 0 fully saturated rings. The minimum Gasteiger partial charge on any atom is -0.368 e. The molecule has 1 unspecified atom stereocenters. The molecule has 116 valence electrons. The van der Waals surface area contributed by atoms with Crippen LogP contribution in [0.5, 0.6) is 0 Å². The number of nitrogens with zero attached hydrogens (tertiary/aromatic N) is 4. The molecule has 1 amide bonds. The first kappa shape index (κ1) is 15.2. The molecule has 2 N–H and O–H groups in total. The van der Waals surface area contributed by atoms with Crippen molar-refractivity contribution in [2.24, 2.45) is 5.73 Å². The van der Waals surface area contributed by atoms with Gasteiger partial charge in [-0.05, 0) is 35.0 Å². The van der Waals surface area contributed by atoms with Gasteiger partial charge in [0.05, 0.1) is 5.69 Å². The van der Waals surface area contributed by atoms with Crippen LogP contribution in [-0.4, -0.2) is 26.1 Å². The van der Waals surface area contributed by atoms with E-state index in [1.807, 2.05) is 61.5 Å². The fourth-order valence-electron chi connectivity index (χ4n) is 2.12. The summed E-state index contributed by atoms with van der Waals surface area (Å²) in [5.74, 6) is -0.431. The van der Waals surface area contributed by atoms with E-state index < -0.39 is 11.2 Å². The average molecular weight is 325 g/mol. The fraction of sp³-hybridized carbons (Fsp3) is 0.125. The third-order valence-corrected chi connectivity index (χ3v) is 4.51. The number of hydrogen-bond donors (Lipinski definition) is 1. The predicted octanol–water partition coefficient (Wildman–Crippen LogP) is 2.29. The number of tetrazole rings is 1. The van der Waals surface area contributed by atoms with Crippen LogP contribution in [0.2, 0.25) is 0 Å². The zero-order valence-corrected chi connectivity index (χ0v) is 13.3. The molecule has 0 saturated carbocycles. The van der Waals surface area contributed by atoms with Gasteiger partial charge in [-0.15, -0.1) is 5.10 Å². The van der Waals surface area contributed by atoms with Crippen molar-refractivity contribution in [1.82, 2.24) is 20.2 Å². The predicted molar refractivity (Wildman–Crippen MR) is 88.1 cm³/mol. The summed E-state index contributed by atoms with van der Waals surface area (Å²) in [7, 11) is 0. The number of rotatable bonds is 5. The Labute approximate surface area is 137 Å². The van der Waals surface area contributed by atoms with Gasteiger partial charge >= 0.3 is 0 Å². The number of amides is 1. The molecule has 0 aliphatic heterocycles. The zero-order chi connectivity index (χ0) is 16.2. The lowest BCUT2D eigenvalue weighted by Crippen LogP contribution is -2.19. The van der Waals surface area contributed by atoms with E-state index in [-0.39, 0.29) is 0 Å². The molecule has 0 bridgehead atoms. The Morgan fingerprint density at radius 3 is 2.48 bits per heavy atom. The Kier molecular flexibility index (Phi) is 4.38. The van der Waals surface area contributed by atoms with Crippen LogP contribution in [0.1, 0.15) is 16.4 Å². The molecular weight excluding hydrogens is 310 g/mol. The van der Waals surface area contributed by atoms with Gasteiger partial charge in [-0.2, -0.15) is 4.68 Å². The van der Waals surface area contributed by atoms with Crippen molar-refractivity contribution in [3.63, 3.8) is 0 Å². The van der Waals surface area contributed by atoms with Crippen molar-refractivity contribution >= 4 is 17.7 Å². The van der Waals surface area contributed by atoms with Gasteiger partial charge in [-0.1, -0.05) is 59.8 Å². The third kappa shape index (κ3) is 3.40. The van der Waals surface area contributed by atoms with Gasteiger partial charge in [0.25, 0.3) is 0 Å². The number of carbonyl (C=O) groups excluding carboxylic acids is 1. The second kappa shape index (κ2) is 6.62. The normalized spacial score (nSPS) is 12.0. The molecule has 1 atom stereocenters. The minimum absolute atomic E-state index is 0.431. The van der Waals surface area contributed by atoms with Crippen LogP contribution in [0.25, 0.3) is 5.69 Å². The molecular formula is C16H15N5OS. The first-order chi connectivity index (χ1) is 11.1. The molecule has 0 aliphatic rings. The van der Waals surface area contributed by atoms with Crippen molar-refractivity contribution in [3.8, 4) is 5.69 Å². The maximum atomic E-state index is 11.8. The maximum Gasteiger partial charge on any atom is 0.235 e. The van der Waals surface area contributed by atoms with Crippen molar-refractivity contribution in [1.29, 1.82) is 0 Å². The first-order valence-corrected chi connectivity index (χ1v) is 7.89. The number of hydrogen-bond acceptors (Lipinski definition) is 5. The number of aryl methyl sites for hydroxylation is 1. The summed E-state index contributed by atoms with van der Waals surface area (Å²) in [6.07, 6.45) is 0. The molecule has 0 radical (unpaired) electrons. The van der Waals surface area contributed by atoms with E-state index in [1.54, 1.807) is 4.68 Å². The SMILES string of the molecule is Cc1ccc(-n2nnnc2SC(C(N)=O)c2ccccc2)cc1. The summed E-state index contributed by atoms with van der Waals surface area (Å²) in [5.41, 5.74) is 8.36. The van der Waals surface area contributed by atoms with Gasteiger partial charge in [0.15, 0.2) is 0 Å². The van der Waals surface area contributed by atoms with Gasteiger partial charge in [0.2, 0.25) is 11.1 Å². The molecule has 1 heterocycles. The summed E-state index contributed by atoms with van der Waals surface area (Å²) < 4.78 is 1.60. The van der Waals surface area contributed by atoms with Crippen LogP contribution < -0.4 is 5.73 Å². The largest absolute Gasteiger partial charge is 0.368 e. The molecule has 3 aromatic rings. The van der Waals surface area contributed by atoms with Crippen molar-refractivity contribution < 1.29 is 4.79 Å². The van der Waals surface area contributed by atoms with Crippen LogP contribution in [0.15, 0.2) is 59.8 Å². The smallest absolute Gasteiger partial charge is 0.235 e. The molecule has 0 aliphatic carbocycles. The lowest BCUT2D eigenvalue weighted by molar-refractivity contribution is -0.117. The van der Waals surface area contributed by atoms with Crippen LogP contribution in [0.3, 0.4) is 0 Å². The fourth-order valence-corrected chi connectivity index (χ4v) is 3.07. The van der Waals surface area contributed by atoms with Crippen LogP contribution >= 0.6 is 11.8 Å². The lowest BCUT2D eigenvalue weighted by Gasteiger charge is -2.12. The van der Waals surface area contributed by atoms with Gasteiger partial charge in [-0.3, -0.25) is 4.79 Å². The monoisotopic (exact) mass is 325 g/mol. The van der Waals surface area contributed by atoms with Crippen molar-refractivity contribution in [2.75, 3.05) is 0 Å². The van der Waals surface area contributed by atoms with E-state index in [4.69, 9.17) is 5.73 Å². The first-order valence-electron chi connectivity index (χ1n) is 7.01.